The lowest BCUT2D eigenvalue weighted by atomic mass is 10.2. The molecule has 160 valence electrons. The normalized spacial score (nSPS) is 15.9. The summed E-state index contributed by atoms with van der Waals surface area (Å²) in [5.74, 6) is 0.477. The van der Waals surface area contributed by atoms with Crippen molar-refractivity contribution in [2.24, 2.45) is 0 Å². The van der Waals surface area contributed by atoms with E-state index in [1.165, 1.54) is 6.08 Å². The summed E-state index contributed by atoms with van der Waals surface area (Å²) in [4.78, 5) is 15.2. The molecule has 2 aromatic carbocycles. The summed E-state index contributed by atoms with van der Waals surface area (Å²) >= 11 is 0. The SMILES string of the molecule is COc1ccccc1N1CCN(CC(O)COc2cccc(C=CC(=O)O)c2)CC1. The number of piperazine rings is 1. The fraction of sp³-hybridized carbons (Fsp3) is 0.348. The molecule has 7 heteroatoms. The zero-order valence-corrected chi connectivity index (χ0v) is 17.1. The fourth-order valence-corrected chi connectivity index (χ4v) is 3.48. The lowest BCUT2D eigenvalue weighted by Crippen LogP contribution is -2.49. The predicted octanol–water partition coefficient (Wildman–Crippen LogP) is 2.35. The van der Waals surface area contributed by atoms with Gasteiger partial charge in [0.25, 0.3) is 0 Å². The molecule has 0 aromatic heterocycles. The van der Waals surface area contributed by atoms with Gasteiger partial charge >= 0.3 is 5.97 Å². The molecule has 1 atom stereocenters. The van der Waals surface area contributed by atoms with Crippen molar-refractivity contribution in [1.29, 1.82) is 0 Å². The van der Waals surface area contributed by atoms with E-state index < -0.39 is 12.1 Å². The van der Waals surface area contributed by atoms with Crippen LogP contribution >= 0.6 is 0 Å². The number of nitrogens with zero attached hydrogens (tertiary/aromatic N) is 2. The molecule has 30 heavy (non-hydrogen) atoms. The highest BCUT2D eigenvalue weighted by molar-refractivity contribution is 5.85. The van der Waals surface area contributed by atoms with E-state index >= 15 is 0 Å². The summed E-state index contributed by atoms with van der Waals surface area (Å²) in [6.07, 6.45) is 1.98. The van der Waals surface area contributed by atoms with Gasteiger partial charge in [-0.05, 0) is 35.9 Å². The van der Waals surface area contributed by atoms with Crippen LogP contribution < -0.4 is 14.4 Å². The van der Waals surface area contributed by atoms with Crippen LogP contribution in [0.25, 0.3) is 6.08 Å². The smallest absolute Gasteiger partial charge is 0.328 e. The number of aliphatic hydroxyl groups is 1. The topological polar surface area (TPSA) is 82.5 Å². The Bertz CT molecular complexity index is 862. The molecule has 0 bridgehead atoms. The van der Waals surface area contributed by atoms with E-state index in [9.17, 15) is 9.90 Å². The lowest BCUT2D eigenvalue weighted by Gasteiger charge is -2.37. The highest BCUT2D eigenvalue weighted by Crippen LogP contribution is 2.28. The van der Waals surface area contributed by atoms with Gasteiger partial charge in [0.2, 0.25) is 0 Å². The molecule has 0 saturated carbocycles. The van der Waals surface area contributed by atoms with Crippen LogP contribution in [-0.4, -0.2) is 73.6 Å². The molecule has 1 fully saturated rings. The van der Waals surface area contributed by atoms with E-state index in [1.807, 2.05) is 18.2 Å². The number of aliphatic carboxylic acids is 1. The number of benzene rings is 2. The van der Waals surface area contributed by atoms with E-state index in [4.69, 9.17) is 14.6 Å². The minimum atomic E-state index is -0.998. The summed E-state index contributed by atoms with van der Waals surface area (Å²) < 4.78 is 11.1. The van der Waals surface area contributed by atoms with Crippen LogP contribution in [0.3, 0.4) is 0 Å². The van der Waals surface area contributed by atoms with Gasteiger partial charge in [-0.25, -0.2) is 4.79 Å². The average Bonchev–Trinajstić information content (AvgIpc) is 2.77. The van der Waals surface area contributed by atoms with Crippen molar-refractivity contribution >= 4 is 17.7 Å². The summed E-state index contributed by atoms with van der Waals surface area (Å²) in [5, 5.41) is 19.1. The Balaban J connectivity index is 1.45. The Kier molecular flexibility index (Phi) is 7.70. The zero-order chi connectivity index (χ0) is 21.3. The monoisotopic (exact) mass is 412 g/mol. The zero-order valence-electron chi connectivity index (χ0n) is 17.1. The average molecular weight is 412 g/mol. The first-order valence-corrected chi connectivity index (χ1v) is 9.97. The standard InChI is InChI=1S/C23H28N2O5/c1-29-22-8-3-2-7-21(22)25-13-11-24(12-14-25)16-19(26)17-30-20-6-4-5-18(15-20)9-10-23(27)28/h2-10,15,19,26H,11-14,16-17H2,1H3,(H,27,28). The number of methoxy groups -OCH3 is 1. The molecule has 0 spiro atoms. The quantitative estimate of drug-likeness (QED) is 0.612. The number of aliphatic hydroxyl groups excluding tert-OH is 1. The van der Waals surface area contributed by atoms with E-state index in [0.717, 1.165) is 49.3 Å². The Morgan fingerprint density at radius 2 is 1.90 bits per heavy atom. The first kappa shape index (κ1) is 21.7. The number of ether oxygens (including phenoxy) is 2. The Labute approximate surface area is 176 Å². The second kappa shape index (κ2) is 10.7. The minimum Gasteiger partial charge on any atom is -0.495 e. The van der Waals surface area contributed by atoms with Gasteiger partial charge in [0.15, 0.2) is 0 Å². The maximum Gasteiger partial charge on any atom is 0.328 e. The number of carbonyl (C=O) groups is 1. The van der Waals surface area contributed by atoms with Crippen LogP contribution in [-0.2, 0) is 4.79 Å². The molecule has 0 radical (unpaired) electrons. The van der Waals surface area contributed by atoms with Crippen LogP contribution in [0.4, 0.5) is 5.69 Å². The number of β-amino-alcohol motifs (C(OH)–C–C–N with tert-alkyl or cyclic N) is 1. The summed E-state index contributed by atoms with van der Waals surface area (Å²) in [7, 11) is 1.68. The van der Waals surface area contributed by atoms with Crippen molar-refractivity contribution in [3.05, 3.63) is 60.2 Å². The molecule has 1 unspecified atom stereocenters. The highest BCUT2D eigenvalue weighted by atomic mass is 16.5. The van der Waals surface area contributed by atoms with Crippen LogP contribution in [0.1, 0.15) is 5.56 Å². The summed E-state index contributed by atoms with van der Waals surface area (Å²) in [6.45, 7) is 4.16. The van der Waals surface area contributed by atoms with Gasteiger partial charge < -0.3 is 24.6 Å². The molecule has 1 saturated heterocycles. The molecule has 7 nitrogen and oxygen atoms in total. The van der Waals surface area contributed by atoms with Gasteiger partial charge in [0.05, 0.1) is 12.8 Å². The molecule has 1 aliphatic rings. The molecule has 1 heterocycles. The number of anilines is 1. The van der Waals surface area contributed by atoms with Crippen LogP contribution in [0.2, 0.25) is 0 Å². The van der Waals surface area contributed by atoms with Gasteiger partial charge in [-0.3, -0.25) is 4.90 Å². The third kappa shape index (κ3) is 6.23. The van der Waals surface area contributed by atoms with Crippen molar-refractivity contribution in [1.82, 2.24) is 4.90 Å². The van der Waals surface area contributed by atoms with Crippen molar-refractivity contribution in [3.8, 4) is 11.5 Å². The number of rotatable bonds is 9. The van der Waals surface area contributed by atoms with E-state index in [-0.39, 0.29) is 6.61 Å². The molecular formula is C23H28N2O5. The van der Waals surface area contributed by atoms with E-state index in [2.05, 4.69) is 15.9 Å². The molecule has 2 N–H and O–H groups in total. The van der Waals surface area contributed by atoms with Crippen LogP contribution in [0.5, 0.6) is 11.5 Å². The second-order valence-corrected chi connectivity index (χ2v) is 7.17. The molecule has 0 amide bonds. The number of carboxylic acid groups (broad SMARTS) is 1. The maximum absolute atomic E-state index is 10.6. The minimum absolute atomic E-state index is 0.179. The molecule has 2 aromatic rings. The number of hydrogen-bond acceptors (Lipinski definition) is 6. The van der Waals surface area contributed by atoms with Crippen molar-refractivity contribution in [2.75, 3.05) is 51.3 Å². The summed E-state index contributed by atoms with van der Waals surface area (Å²) in [6, 6.07) is 15.1. The van der Waals surface area contributed by atoms with Gasteiger partial charge in [-0.2, -0.15) is 0 Å². The van der Waals surface area contributed by atoms with Crippen LogP contribution in [0, 0.1) is 0 Å². The first-order chi connectivity index (χ1) is 14.5. The number of para-hydroxylation sites is 2. The molecule has 3 rings (SSSR count). The highest BCUT2D eigenvalue weighted by Gasteiger charge is 2.21. The first-order valence-electron chi connectivity index (χ1n) is 9.97. The fourth-order valence-electron chi connectivity index (χ4n) is 3.48. The predicted molar refractivity (Wildman–Crippen MR) is 116 cm³/mol. The van der Waals surface area contributed by atoms with Gasteiger partial charge in [0.1, 0.15) is 24.2 Å². The largest absolute Gasteiger partial charge is 0.495 e. The molecule has 1 aliphatic heterocycles. The third-order valence-electron chi connectivity index (χ3n) is 4.99. The Hall–Kier alpha value is -3.03. The molecule has 0 aliphatic carbocycles. The molecular weight excluding hydrogens is 384 g/mol. The Morgan fingerprint density at radius 1 is 1.13 bits per heavy atom. The Morgan fingerprint density at radius 3 is 2.63 bits per heavy atom. The van der Waals surface area contributed by atoms with Crippen molar-refractivity contribution in [2.45, 2.75) is 6.10 Å². The van der Waals surface area contributed by atoms with Crippen LogP contribution in [0.15, 0.2) is 54.6 Å². The third-order valence-corrected chi connectivity index (χ3v) is 4.99. The number of carboxylic acids is 1. The van der Waals surface area contributed by atoms with E-state index in [0.29, 0.717) is 12.3 Å². The van der Waals surface area contributed by atoms with Gasteiger partial charge in [-0.1, -0.05) is 24.3 Å². The maximum atomic E-state index is 10.6. The number of hydrogen-bond donors (Lipinski definition) is 2. The van der Waals surface area contributed by atoms with Gasteiger partial charge in [-0.15, -0.1) is 0 Å². The van der Waals surface area contributed by atoms with Crippen molar-refractivity contribution < 1.29 is 24.5 Å². The van der Waals surface area contributed by atoms with Crippen molar-refractivity contribution in [3.63, 3.8) is 0 Å². The van der Waals surface area contributed by atoms with E-state index in [1.54, 1.807) is 31.4 Å². The second-order valence-electron chi connectivity index (χ2n) is 7.17. The van der Waals surface area contributed by atoms with Gasteiger partial charge in [0, 0.05) is 38.8 Å². The lowest BCUT2D eigenvalue weighted by molar-refractivity contribution is -0.131. The summed E-state index contributed by atoms with van der Waals surface area (Å²) in [5.41, 5.74) is 1.83.